The molecule has 1 rings (SSSR count). The highest BCUT2D eigenvalue weighted by Gasteiger charge is 2.04. The minimum Gasteiger partial charge on any atom is -0.504 e. The van der Waals surface area contributed by atoms with Crippen molar-refractivity contribution in [1.82, 2.24) is 0 Å². The van der Waals surface area contributed by atoms with Crippen LogP contribution in [-0.4, -0.2) is 17.5 Å². The molecule has 70 valence electrons. The van der Waals surface area contributed by atoms with Gasteiger partial charge in [-0.2, -0.15) is 0 Å². The van der Waals surface area contributed by atoms with Crippen molar-refractivity contribution in [3.63, 3.8) is 0 Å². The molecule has 0 radical (unpaired) electrons. The van der Waals surface area contributed by atoms with Crippen molar-refractivity contribution >= 4 is 5.84 Å². The summed E-state index contributed by atoms with van der Waals surface area (Å²) in [6, 6.07) is 4.57. The Morgan fingerprint density at radius 1 is 1.62 bits per heavy atom. The number of phenolic OH excluding ortho intramolecular Hbond substituents is 1. The van der Waals surface area contributed by atoms with Crippen LogP contribution in [0.4, 0.5) is 0 Å². The molecule has 0 aliphatic rings. The third-order valence-electron chi connectivity index (χ3n) is 1.57. The second-order valence-corrected chi connectivity index (χ2v) is 2.53. The molecule has 1 aromatic carbocycles. The van der Waals surface area contributed by atoms with Crippen LogP contribution in [0.1, 0.15) is 12.5 Å². The largest absolute Gasteiger partial charge is 0.504 e. The van der Waals surface area contributed by atoms with Gasteiger partial charge in [0, 0.05) is 5.56 Å². The number of nitrogens with one attached hydrogen (secondary N) is 1. The Morgan fingerprint density at radius 2 is 2.31 bits per heavy atom. The van der Waals surface area contributed by atoms with Gasteiger partial charge in [0.25, 0.3) is 0 Å². The first-order chi connectivity index (χ1) is 6.15. The van der Waals surface area contributed by atoms with Crippen LogP contribution in [0.2, 0.25) is 0 Å². The van der Waals surface area contributed by atoms with E-state index in [0.29, 0.717) is 17.9 Å². The summed E-state index contributed by atoms with van der Waals surface area (Å²) in [4.78, 5) is 0. The molecule has 13 heavy (non-hydrogen) atoms. The molecule has 0 saturated carbocycles. The molecule has 0 aliphatic heterocycles. The maximum atomic E-state index is 9.31. The van der Waals surface area contributed by atoms with Gasteiger partial charge in [0.1, 0.15) is 5.84 Å². The van der Waals surface area contributed by atoms with Gasteiger partial charge in [0.05, 0.1) is 6.61 Å². The lowest BCUT2D eigenvalue weighted by molar-refractivity contribution is 0.318. The lowest BCUT2D eigenvalue weighted by Crippen LogP contribution is -2.10. The Balaban J connectivity index is 3.03. The highest BCUT2D eigenvalue weighted by Crippen LogP contribution is 2.26. The molecule has 4 N–H and O–H groups in total. The molecule has 1 aromatic rings. The van der Waals surface area contributed by atoms with E-state index in [2.05, 4.69) is 0 Å². The number of amidine groups is 1. The fraction of sp³-hybridized carbons (Fsp3) is 0.222. The Hall–Kier alpha value is -1.71. The summed E-state index contributed by atoms with van der Waals surface area (Å²) >= 11 is 0. The number of phenols is 1. The maximum Gasteiger partial charge on any atom is 0.161 e. The van der Waals surface area contributed by atoms with Crippen LogP contribution in [0.5, 0.6) is 11.5 Å². The smallest absolute Gasteiger partial charge is 0.161 e. The van der Waals surface area contributed by atoms with Gasteiger partial charge >= 0.3 is 0 Å². The summed E-state index contributed by atoms with van der Waals surface area (Å²) in [6.45, 7) is 2.29. The van der Waals surface area contributed by atoms with E-state index in [1.54, 1.807) is 12.1 Å². The summed E-state index contributed by atoms with van der Waals surface area (Å²) in [5.74, 6) is 0.378. The highest BCUT2D eigenvalue weighted by molar-refractivity contribution is 5.95. The highest BCUT2D eigenvalue weighted by atomic mass is 16.5. The number of nitrogens with two attached hydrogens (primary N) is 1. The topological polar surface area (TPSA) is 79.3 Å². The zero-order valence-electron chi connectivity index (χ0n) is 7.37. The van der Waals surface area contributed by atoms with E-state index in [9.17, 15) is 5.11 Å². The van der Waals surface area contributed by atoms with Gasteiger partial charge in [0.15, 0.2) is 11.5 Å². The third kappa shape index (κ3) is 2.11. The zero-order valence-corrected chi connectivity index (χ0v) is 7.37. The van der Waals surface area contributed by atoms with Gasteiger partial charge in [-0.05, 0) is 25.1 Å². The van der Waals surface area contributed by atoms with Gasteiger partial charge in [-0.15, -0.1) is 0 Å². The molecule has 0 heterocycles. The summed E-state index contributed by atoms with van der Waals surface area (Å²) in [6.07, 6.45) is 0. The van der Waals surface area contributed by atoms with Crippen LogP contribution in [0.15, 0.2) is 18.2 Å². The number of rotatable bonds is 3. The van der Waals surface area contributed by atoms with Crippen molar-refractivity contribution in [2.45, 2.75) is 6.92 Å². The van der Waals surface area contributed by atoms with E-state index in [-0.39, 0.29) is 11.6 Å². The Kier molecular flexibility index (Phi) is 2.74. The lowest BCUT2D eigenvalue weighted by Gasteiger charge is -2.06. The fourth-order valence-electron chi connectivity index (χ4n) is 0.953. The average molecular weight is 180 g/mol. The van der Waals surface area contributed by atoms with Crippen LogP contribution in [0.25, 0.3) is 0 Å². The van der Waals surface area contributed by atoms with Crippen molar-refractivity contribution in [2.24, 2.45) is 5.73 Å². The van der Waals surface area contributed by atoms with E-state index in [0.717, 1.165) is 0 Å². The van der Waals surface area contributed by atoms with Crippen LogP contribution >= 0.6 is 0 Å². The van der Waals surface area contributed by atoms with Crippen LogP contribution in [0.3, 0.4) is 0 Å². The monoisotopic (exact) mass is 180 g/mol. The summed E-state index contributed by atoms with van der Waals surface area (Å²) in [7, 11) is 0. The van der Waals surface area contributed by atoms with Gasteiger partial charge in [-0.1, -0.05) is 0 Å². The standard InChI is InChI=1S/C9H12N2O2/c1-2-13-8-5-6(9(10)11)3-4-7(8)12/h3-5,12H,2H2,1H3,(H3,10,11). The molecule has 4 heteroatoms. The minimum atomic E-state index is -0.0408. The molecule has 0 bridgehead atoms. The predicted octanol–water partition coefficient (Wildman–Crippen LogP) is 1.07. The van der Waals surface area contributed by atoms with E-state index in [1.165, 1.54) is 6.07 Å². The van der Waals surface area contributed by atoms with Gasteiger partial charge in [-0.3, -0.25) is 5.41 Å². The van der Waals surface area contributed by atoms with Crippen LogP contribution in [0, 0.1) is 5.41 Å². The van der Waals surface area contributed by atoms with Gasteiger partial charge < -0.3 is 15.6 Å². The third-order valence-corrected chi connectivity index (χ3v) is 1.57. The number of hydrogen-bond donors (Lipinski definition) is 3. The molecule has 0 atom stereocenters. The van der Waals surface area contributed by atoms with Crippen LogP contribution in [-0.2, 0) is 0 Å². The van der Waals surface area contributed by atoms with Crippen molar-refractivity contribution in [1.29, 1.82) is 5.41 Å². The fourth-order valence-corrected chi connectivity index (χ4v) is 0.953. The first kappa shape index (κ1) is 9.38. The van der Waals surface area contributed by atoms with Gasteiger partial charge in [0.2, 0.25) is 0 Å². The van der Waals surface area contributed by atoms with E-state index < -0.39 is 0 Å². The molecule has 0 aliphatic carbocycles. The first-order valence-electron chi connectivity index (χ1n) is 3.95. The Morgan fingerprint density at radius 3 is 2.85 bits per heavy atom. The second kappa shape index (κ2) is 3.80. The number of aromatic hydroxyl groups is 1. The van der Waals surface area contributed by atoms with Gasteiger partial charge in [-0.25, -0.2) is 0 Å². The molecule has 0 aromatic heterocycles. The van der Waals surface area contributed by atoms with E-state index in [4.69, 9.17) is 15.9 Å². The second-order valence-electron chi connectivity index (χ2n) is 2.53. The Labute approximate surface area is 76.5 Å². The number of benzene rings is 1. The summed E-state index contributed by atoms with van der Waals surface area (Å²) in [5.41, 5.74) is 5.82. The normalized spacial score (nSPS) is 9.62. The average Bonchev–Trinajstić information content (AvgIpc) is 2.08. The predicted molar refractivity (Wildman–Crippen MR) is 50.3 cm³/mol. The molecule has 0 saturated heterocycles. The minimum absolute atomic E-state index is 0.0408. The van der Waals surface area contributed by atoms with E-state index in [1.807, 2.05) is 6.92 Å². The molecule has 0 unspecified atom stereocenters. The zero-order chi connectivity index (χ0) is 9.84. The molecule has 4 nitrogen and oxygen atoms in total. The summed E-state index contributed by atoms with van der Waals surface area (Å²) < 4.78 is 5.13. The van der Waals surface area contributed by atoms with E-state index >= 15 is 0 Å². The molecular formula is C9H12N2O2. The van der Waals surface area contributed by atoms with Crippen molar-refractivity contribution < 1.29 is 9.84 Å². The quantitative estimate of drug-likeness (QED) is 0.481. The van der Waals surface area contributed by atoms with Crippen molar-refractivity contribution in [3.8, 4) is 11.5 Å². The molecule has 0 amide bonds. The van der Waals surface area contributed by atoms with Crippen molar-refractivity contribution in [2.75, 3.05) is 6.61 Å². The van der Waals surface area contributed by atoms with Crippen molar-refractivity contribution in [3.05, 3.63) is 23.8 Å². The first-order valence-corrected chi connectivity index (χ1v) is 3.95. The molecule has 0 spiro atoms. The SMILES string of the molecule is CCOc1cc(C(=N)N)ccc1O. The number of nitrogen functional groups attached to an aromatic ring is 1. The van der Waals surface area contributed by atoms with Crippen LogP contribution < -0.4 is 10.5 Å². The maximum absolute atomic E-state index is 9.31. The Bertz CT molecular complexity index is 323. The lowest BCUT2D eigenvalue weighted by atomic mass is 10.2. The molecule has 0 fully saturated rings. The number of hydrogen-bond acceptors (Lipinski definition) is 3. The summed E-state index contributed by atoms with van der Waals surface area (Å²) in [5, 5.41) is 16.5. The number of ether oxygens (including phenoxy) is 1. The molecular weight excluding hydrogens is 168 g/mol.